The number of thioether (sulfide) groups is 1. The fraction of sp³-hybridized carbons (Fsp3) is 0.375. The zero-order chi connectivity index (χ0) is 14.7. The van der Waals surface area contributed by atoms with Crippen molar-refractivity contribution in [2.75, 3.05) is 5.73 Å². The summed E-state index contributed by atoms with van der Waals surface area (Å²) >= 11 is 7.69. The molecule has 1 heterocycles. The van der Waals surface area contributed by atoms with Crippen LogP contribution < -0.4 is 5.73 Å². The molecule has 5 heteroatoms. The van der Waals surface area contributed by atoms with E-state index in [4.69, 9.17) is 22.3 Å². The van der Waals surface area contributed by atoms with E-state index >= 15 is 0 Å². The summed E-state index contributed by atoms with van der Waals surface area (Å²) in [7, 11) is 0. The topological polar surface area (TPSA) is 51.8 Å². The van der Waals surface area contributed by atoms with Gasteiger partial charge >= 0.3 is 0 Å². The standard InChI is InChI=1S/C16H18ClN3S/c17-11-5-4-6-12(9-11)21-10-15-19-14-8-3-1-2-7-13(14)16(18)20-15/h4-6,9H,1-3,7-8,10H2,(H2,18,19,20). The van der Waals surface area contributed by atoms with E-state index in [-0.39, 0.29) is 0 Å². The zero-order valence-electron chi connectivity index (χ0n) is 11.8. The number of rotatable bonds is 3. The molecule has 1 aromatic carbocycles. The Morgan fingerprint density at radius 2 is 2.00 bits per heavy atom. The lowest BCUT2D eigenvalue weighted by Gasteiger charge is -2.10. The average molecular weight is 320 g/mol. The first-order valence-corrected chi connectivity index (χ1v) is 8.61. The molecular weight excluding hydrogens is 302 g/mol. The number of hydrogen-bond acceptors (Lipinski definition) is 4. The highest BCUT2D eigenvalue weighted by molar-refractivity contribution is 7.98. The Morgan fingerprint density at radius 3 is 2.86 bits per heavy atom. The van der Waals surface area contributed by atoms with Gasteiger partial charge in [-0.15, -0.1) is 11.8 Å². The molecule has 0 saturated carbocycles. The molecule has 1 aliphatic rings. The molecule has 3 rings (SSSR count). The van der Waals surface area contributed by atoms with E-state index < -0.39 is 0 Å². The van der Waals surface area contributed by atoms with Gasteiger partial charge in [0.2, 0.25) is 0 Å². The highest BCUT2D eigenvalue weighted by atomic mass is 35.5. The van der Waals surface area contributed by atoms with E-state index in [1.54, 1.807) is 11.8 Å². The van der Waals surface area contributed by atoms with Crippen LogP contribution in [0.3, 0.4) is 0 Å². The smallest absolute Gasteiger partial charge is 0.141 e. The Morgan fingerprint density at radius 1 is 1.14 bits per heavy atom. The lowest BCUT2D eigenvalue weighted by molar-refractivity contribution is 0.708. The zero-order valence-corrected chi connectivity index (χ0v) is 13.4. The number of benzene rings is 1. The van der Waals surface area contributed by atoms with Crippen molar-refractivity contribution in [3.63, 3.8) is 0 Å². The van der Waals surface area contributed by atoms with Crippen LogP contribution in [-0.4, -0.2) is 9.97 Å². The van der Waals surface area contributed by atoms with Crippen molar-refractivity contribution in [1.82, 2.24) is 9.97 Å². The minimum absolute atomic E-state index is 0.670. The lowest BCUT2D eigenvalue weighted by Crippen LogP contribution is -2.08. The molecule has 3 nitrogen and oxygen atoms in total. The summed E-state index contributed by atoms with van der Waals surface area (Å²) in [5.41, 5.74) is 8.45. The van der Waals surface area contributed by atoms with Crippen LogP contribution in [0.15, 0.2) is 29.2 Å². The first-order chi connectivity index (χ1) is 10.2. The molecule has 0 unspecified atom stereocenters. The summed E-state index contributed by atoms with van der Waals surface area (Å²) in [4.78, 5) is 10.3. The number of nitrogens with two attached hydrogens (primary N) is 1. The minimum atomic E-state index is 0.670. The predicted octanol–water partition coefficient (Wildman–Crippen LogP) is 4.27. The van der Waals surface area contributed by atoms with Crippen LogP contribution in [0.25, 0.3) is 0 Å². The van der Waals surface area contributed by atoms with E-state index in [0.29, 0.717) is 5.82 Å². The van der Waals surface area contributed by atoms with Crippen LogP contribution in [0, 0.1) is 0 Å². The third-order valence-electron chi connectivity index (χ3n) is 3.68. The second kappa shape index (κ2) is 6.67. The van der Waals surface area contributed by atoms with Crippen molar-refractivity contribution in [3.8, 4) is 0 Å². The molecule has 1 aliphatic carbocycles. The molecule has 0 amide bonds. The van der Waals surface area contributed by atoms with Gasteiger partial charge in [0.05, 0.1) is 5.75 Å². The SMILES string of the molecule is Nc1nc(CSc2cccc(Cl)c2)nc2c1CCCCC2. The largest absolute Gasteiger partial charge is 0.383 e. The number of halogens is 1. The Bertz CT molecular complexity index is 645. The summed E-state index contributed by atoms with van der Waals surface area (Å²) in [5, 5.41) is 0.752. The van der Waals surface area contributed by atoms with Crippen molar-refractivity contribution in [2.45, 2.75) is 42.8 Å². The average Bonchev–Trinajstić information content (AvgIpc) is 2.71. The first-order valence-electron chi connectivity index (χ1n) is 7.25. The maximum Gasteiger partial charge on any atom is 0.141 e. The number of nitrogen functional groups attached to an aromatic ring is 1. The Balaban J connectivity index is 1.77. The van der Waals surface area contributed by atoms with E-state index in [1.165, 1.54) is 24.8 Å². The van der Waals surface area contributed by atoms with Crippen molar-refractivity contribution < 1.29 is 0 Å². The number of anilines is 1. The third kappa shape index (κ3) is 3.69. The van der Waals surface area contributed by atoms with E-state index in [2.05, 4.69) is 4.98 Å². The van der Waals surface area contributed by atoms with Crippen molar-refractivity contribution in [2.24, 2.45) is 0 Å². The van der Waals surface area contributed by atoms with Crippen LogP contribution >= 0.6 is 23.4 Å². The Kier molecular flexibility index (Phi) is 4.66. The summed E-state index contributed by atoms with van der Waals surface area (Å²) in [5.74, 6) is 2.21. The molecule has 1 aromatic heterocycles. The number of fused-ring (bicyclic) bond motifs is 1. The minimum Gasteiger partial charge on any atom is -0.383 e. The predicted molar refractivity (Wildman–Crippen MR) is 88.7 cm³/mol. The molecule has 0 fully saturated rings. The van der Waals surface area contributed by atoms with Gasteiger partial charge in [-0.25, -0.2) is 9.97 Å². The molecule has 2 N–H and O–H groups in total. The highest BCUT2D eigenvalue weighted by Gasteiger charge is 2.15. The van der Waals surface area contributed by atoms with Gasteiger partial charge in [-0.3, -0.25) is 0 Å². The molecule has 0 atom stereocenters. The van der Waals surface area contributed by atoms with Gasteiger partial charge in [0, 0.05) is 21.2 Å². The van der Waals surface area contributed by atoms with Gasteiger partial charge < -0.3 is 5.73 Å². The number of hydrogen-bond donors (Lipinski definition) is 1. The molecule has 21 heavy (non-hydrogen) atoms. The molecule has 0 radical (unpaired) electrons. The van der Waals surface area contributed by atoms with Crippen LogP contribution in [0.4, 0.5) is 5.82 Å². The molecule has 0 saturated heterocycles. The normalized spacial score (nSPS) is 14.5. The van der Waals surface area contributed by atoms with Gasteiger partial charge in [0.1, 0.15) is 11.6 Å². The second-order valence-corrected chi connectivity index (χ2v) is 6.74. The van der Waals surface area contributed by atoms with E-state index in [9.17, 15) is 0 Å². The number of nitrogens with zero attached hydrogens (tertiary/aromatic N) is 2. The molecule has 2 aromatic rings. The fourth-order valence-electron chi connectivity index (χ4n) is 2.62. The Labute approximate surface area is 134 Å². The van der Waals surface area contributed by atoms with Crippen molar-refractivity contribution in [3.05, 3.63) is 46.4 Å². The van der Waals surface area contributed by atoms with Gasteiger partial charge in [-0.2, -0.15) is 0 Å². The van der Waals surface area contributed by atoms with E-state index in [0.717, 1.165) is 40.0 Å². The number of aromatic nitrogens is 2. The molecule has 0 aliphatic heterocycles. The van der Waals surface area contributed by atoms with Gasteiger partial charge in [0.25, 0.3) is 0 Å². The molecular formula is C16H18ClN3S. The second-order valence-electron chi connectivity index (χ2n) is 5.26. The first kappa shape index (κ1) is 14.7. The quantitative estimate of drug-likeness (QED) is 0.678. The van der Waals surface area contributed by atoms with Crippen LogP contribution in [0.5, 0.6) is 0 Å². The van der Waals surface area contributed by atoms with Crippen molar-refractivity contribution in [1.29, 1.82) is 0 Å². The van der Waals surface area contributed by atoms with Gasteiger partial charge in [-0.1, -0.05) is 24.1 Å². The molecule has 0 bridgehead atoms. The van der Waals surface area contributed by atoms with Crippen LogP contribution in [-0.2, 0) is 18.6 Å². The van der Waals surface area contributed by atoms with Crippen LogP contribution in [0.2, 0.25) is 5.02 Å². The molecule has 0 spiro atoms. The fourth-order valence-corrected chi connectivity index (χ4v) is 3.69. The summed E-state index contributed by atoms with van der Waals surface area (Å²) < 4.78 is 0. The van der Waals surface area contributed by atoms with E-state index in [1.807, 2.05) is 24.3 Å². The Hall–Kier alpha value is -1.26. The summed E-state index contributed by atoms with van der Waals surface area (Å²) in [6.45, 7) is 0. The highest BCUT2D eigenvalue weighted by Crippen LogP contribution is 2.27. The van der Waals surface area contributed by atoms with Crippen molar-refractivity contribution >= 4 is 29.2 Å². The summed E-state index contributed by atoms with van der Waals surface area (Å²) in [6, 6.07) is 7.84. The summed E-state index contributed by atoms with van der Waals surface area (Å²) in [6.07, 6.45) is 5.68. The van der Waals surface area contributed by atoms with Gasteiger partial charge in [0.15, 0.2) is 0 Å². The third-order valence-corrected chi connectivity index (χ3v) is 4.90. The molecule has 110 valence electrons. The monoisotopic (exact) mass is 319 g/mol. The van der Waals surface area contributed by atoms with Gasteiger partial charge in [-0.05, 0) is 43.9 Å². The number of aryl methyl sites for hydroxylation is 1. The maximum atomic E-state index is 6.12. The lowest BCUT2D eigenvalue weighted by atomic mass is 10.1. The van der Waals surface area contributed by atoms with Crippen LogP contribution in [0.1, 0.15) is 36.3 Å². The maximum absolute atomic E-state index is 6.12.